The van der Waals surface area contributed by atoms with Gasteiger partial charge in [-0.1, -0.05) is 12.1 Å². The largest absolute Gasteiger partial charge is 0.384 e. The Kier molecular flexibility index (Phi) is 8.04. The topological polar surface area (TPSA) is 114 Å². The minimum Gasteiger partial charge on any atom is -0.384 e. The van der Waals surface area contributed by atoms with E-state index in [9.17, 15) is 9.90 Å². The molecule has 3 aromatic heterocycles. The maximum atomic E-state index is 13.3. The molecular weight excluding hydrogens is 544 g/mol. The molecule has 4 aromatic rings. The van der Waals surface area contributed by atoms with Crippen molar-refractivity contribution < 1.29 is 9.84 Å². The van der Waals surface area contributed by atoms with E-state index in [4.69, 9.17) is 9.72 Å². The van der Waals surface area contributed by atoms with E-state index in [2.05, 4.69) is 43.8 Å². The lowest BCUT2D eigenvalue weighted by atomic mass is 9.84. The molecule has 5 heterocycles. The maximum Gasteiger partial charge on any atom is 0.278 e. The van der Waals surface area contributed by atoms with Crippen molar-refractivity contribution >= 4 is 28.4 Å². The molecule has 226 valence electrons. The predicted molar refractivity (Wildman–Crippen MR) is 168 cm³/mol. The molecule has 0 spiro atoms. The number of aliphatic hydroxyl groups is 1. The van der Waals surface area contributed by atoms with Gasteiger partial charge < -0.3 is 25.0 Å². The monoisotopic (exact) mass is 584 g/mol. The highest BCUT2D eigenvalue weighted by Gasteiger charge is 2.34. The molecule has 0 radical (unpaired) electrons. The number of benzene rings is 1. The minimum atomic E-state index is -1.15. The van der Waals surface area contributed by atoms with Gasteiger partial charge in [0.15, 0.2) is 11.5 Å². The van der Waals surface area contributed by atoms with Crippen LogP contribution in [-0.4, -0.2) is 80.8 Å². The number of ether oxygens (including phenoxy) is 1. The van der Waals surface area contributed by atoms with Crippen molar-refractivity contribution in [2.75, 3.05) is 56.7 Å². The molecule has 0 saturated carbocycles. The van der Waals surface area contributed by atoms with Crippen LogP contribution in [0.25, 0.3) is 16.9 Å². The second kappa shape index (κ2) is 11.9. The average Bonchev–Trinajstić information content (AvgIpc) is 3.26. The van der Waals surface area contributed by atoms with E-state index >= 15 is 0 Å². The summed E-state index contributed by atoms with van der Waals surface area (Å²) >= 11 is 0. The first kappa shape index (κ1) is 29.0. The van der Waals surface area contributed by atoms with Crippen LogP contribution in [0.15, 0.2) is 66.1 Å². The van der Waals surface area contributed by atoms with Gasteiger partial charge in [-0.05, 0) is 68.5 Å². The molecule has 2 atom stereocenters. The number of pyridine rings is 1. The molecule has 2 saturated heterocycles. The van der Waals surface area contributed by atoms with Gasteiger partial charge in [0, 0.05) is 57.4 Å². The summed E-state index contributed by atoms with van der Waals surface area (Å²) in [6.07, 6.45) is 4.49. The molecule has 1 aromatic carbocycles. The lowest BCUT2D eigenvalue weighted by molar-refractivity contribution is 0.0738. The fourth-order valence-electron chi connectivity index (χ4n) is 6.38. The zero-order valence-corrected chi connectivity index (χ0v) is 25.1. The van der Waals surface area contributed by atoms with E-state index in [1.165, 1.54) is 16.8 Å². The highest BCUT2D eigenvalue weighted by atomic mass is 16.5. The van der Waals surface area contributed by atoms with Gasteiger partial charge in [0.05, 0.1) is 18.8 Å². The van der Waals surface area contributed by atoms with Crippen LogP contribution in [0.4, 0.5) is 17.3 Å². The number of aromatic nitrogens is 5. The molecule has 2 aliphatic heterocycles. The molecule has 2 N–H and O–H groups in total. The van der Waals surface area contributed by atoms with Crippen molar-refractivity contribution in [2.45, 2.75) is 32.4 Å². The van der Waals surface area contributed by atoms with Crippen molar-refractivity contribution in [3.63, 3.8) is 0 Å². The van der Waals surface area contributed by atoms with Crippen molar-refractivity contribution in [2.24, 2.45) is 11.8 Å². The first-order valence-corrected chi connectivity index (χ1v) is 14.9. The summed E-state index contributed by atoms with van der Waals surface area (Å²) < 4.78 is 8.47. The number of rotatable bonds is 10. The summed E-state index contributed by atoms with van der Waals surface area (Å²) in [5.74, 6) is 2.18. The SMILES string of the molecule is C=CCn1c(=O)c2cnc(Nc3ccc(N4CC5CC(CN(CCOC)C5)C4)cc3)nc2n1-c1cccc(C(C)(C)O)n1. The summed E-state index contributed by atoms with van der Waals surface area (Å²) in [5, 5.41) is 14.2. The highest BCUT2D eigenvalue weighted by molar-refractivity contribution is 5.77. The van der Waals surface area contributed by atoms with E-state index in [0.29, 0.717) is 40.3 Å². The summed E-state index contributed by atoms with van der Waals surface area (Å²) in [6.45, 7) is 13.6. The number of nitrogens with zero attached hydrogens (tertiary/aromatic N) is 7. The molecule has 2 unspecified atom stereocenters. The highest BCUT2D eigenvalue weighted by Crippen LogP contribution is 2.32. The van der Waals surface area contributed by atoms with Crippen molar-refractivity contribution in [3.8, 4) is 5.82 Å². The number of nitrogens with one attached hydrogen (secondary N) is 1. The third-order valence-corrected chi connectivity index (χ3v) is 8.31. The van der Waals surface area contributed by atoms with Crippen LogP contribution >= 0.6 is 0 Å². The van der Waals surface area contributed by atoms with Gasteiger partial charge in [0.2, 0.25) is 5.95 Å². The Morgan fingerprint density at radius 1 is 1.09 bits per heavy atom. The van der Waals surface area contributed by atoms with Gasteiger partial charge in [-0.3, -0.25) is 4.79 Å². The molecular formula is C32H40N8O3. The van der Waals surface area contributed by atoms with Crippen LogP contribution in [0.3, 0.4) is 0 Å². The zero-order valence-electron chi connectivity index (χ0n) is 25.1. The van der Waals surface area contributed by atoms with Crippen LogP contribution in [0.2, 0.25) is 0 Å². The molecule has 0 aliphatic carbocycles. The predicted octanol–water partition coefficient (Wildman–Crippen LogP) is 3.54. The van der Waals surface area contributed by atoms with E-state index in [1.54, 1.807) is 56.1 Å². The van der Waals surface area contributed by atoms with E-state index in [-0.39, 0.29) is 12.1 Å². The zero-order chi connectivity index (χ0) is 30.1. The van der Waals surface area contributed by atoms with E-state index < -0.39 is 5.60 Å². The number of fused-ring (bicyclic) bond motifs is 3. The summed E-state index contributed by atoms with van der Waals surface area (Å²) in [4.78, 5) is 32.2. The van der Waals surface area contributed by atoms with Gasteiger partial charge in [-0.2, -0.15) is 4.98 Å². The first-order chi connectivity index (χ1) is 20.7. The van der Waals surface area contributed by atoms with Gasteiger partial charge in [0.25, 0.3) is 5.56 Å². The molecule has 2 bridgehead atoms. The number of hydrogen-bond donors (Lipinski definition) is 2. The Bertz CT molecular complexity index is 1640. The first-order valence-electron chi connectivity index (χ1n) is 14.9. The Morgan fingerprint density at radius 2 is 1.84 bits per heavy atom. The molecule has 2 fully saturated rings. The van der Waals surface area contributed by atoms with Crippen LogP contribution in [-0.2, 0) is 16.9 Å². The normalized spacial score (nSPS) is 19.1. The van der Waals surface area contributed by atoms with Gasteiger partial charge in [0.1, 0.15) is 11.0 Å². The van der Waals surface area contributed by atoms with Crippen molar-refractivity contribution in [3.05, 3.63) is 77.4 Å². The van der Waals surface area contributed by atoms with Crippen LogP contribution in [0.1, 0.15) is 26.0 Å². The molecule has 6 rings (SSSR count). The van der Waals surface area contributed by atoms with E-state index in [1.807, 2.05) is 12.1 Å². The fraction of sp³-hybridized carbons (Fsp3) is 0.438. The summed E-state index contributed by atoms with van der Waals surface area (Å²) in [6, 6.07) is 13.7. The lowest BCUT2D eigenvalue weighted by Crippen LogP contribution is -2.53. The summed E-state index contributed by atoms with van der Waals surface area (Å²) in [7, 11) is 1.77. The molecule has 2 aliphatic rings. The van der Waals surface area contributed by atoms with Crippen molar-refractivity contribution in [1.82, 2.24) is 29.2 Å². The second-order valence-electron chi connectivity index (χ2n) is 12.2. The third-order valence-electron chi connectivity index (χ3n) is 8.31. The minimum absolute atomic E-state index is 0.241. The molecule has 11 heteroatoms. The van der Waals surface area contributed by atoms with Crippen molar-refractivity contribution in [1.29, 1.82) is 0 Å². The van der Waals surface area contributed by atoms with Crippen LogP contribution in [0, 0.1) is 11.8 Å². The fourth-order valence-corrected chi connectivity index (χ4v) is 6.38. The quantitative estimate of drug-likeness (QED) is 0.270. The lowest BCUT2D eigenvalue weighted by Gasteiger charge is -2.46. The number of allylic oxidation sites excluding steroid dienone is 1. The smallest absolute Gasteiger partial charge is 0.278 e. The standard InChI is InChI=1S/C32H40N8O3/c1-5-13-39-30(41)26-17-33-31(36-29(26)40(39)28-8-6-7-27(35-28)32(2,3)42)34-24-9-11-25(12-10-24)38-20-22-16-23(21-38)19-37(18-22)14-15-43-4/h5-12,17,22-23,42H,1,13-16,18-21H2,2-4H3,(H,33,34,36). The number of anilines is 3. The average molecular weight is 585 g/mol. The Labute approximate surface area is 251 Å². The van der Waals surface area contributed by atoms with Gasteiger partial charge in [-0.15, -0.1) is 6.58 Å². The van der Waals surface area contributed by atoms with Crippen LogP contribution in [0.5, 0.6) is 0 Å². The third kappa shape index (κ3) is 6.06. The number of piperidine rings is 2. The number of hydrogen-bond acceptors (Lipinski definition) is 9. The number of likely N-dealkylation sites (tertiary alicyclic amines) is 1. The Hall–Kier alpha value is -4.06. The van der Waals surface area contributed by atoms with Crippen LogP contribution < -0.4 is 15.8 Å². The molecule has 11 nitrogen and oxygen atoms in total. The summed E-state index contributed by atoms with van der Waals surface area (Å²) in [5.41, 5.74) is 1.59. The maximum absolute atomic E-state index is 13.3. The Morgan fingerprint density at radius 3 is 2.51 bits per heavy atom. The van der Waals surface area contributed by atoms with Gasteiger partial charge in [-0.25, -0.2) is 19.3 Å². The Balaban J connectivity index is 1.24. The molecule has 0 amide bonds. The molecule has 43 heavy (non-hydrogen) atoms. The van der Waals surface area contributed by atoms with E-state index in [0.717, 1.165) is 45.0 Å². The number of methoxy groups -OCH3 is 1. The van der Waals surface area contributed by atoms with Gasteiger partial charge >= 0.3 is 0 Å². The second-order valence-corrected chi connectivity index (χ2v) is 12.2.